The number of halogens is 4. The molecule has 0 spiro atoms. The molecule has 4 nitrogen and oxygen atoms in total. The second kappa shape index (κ2) is 8.59. The Balaban J connectivity index is 1.76. The first kappa shape index (κ1) is 21.4. The molecule has 0 aliphatic heterocycles. The van der Waals surface area contributed by atoms with Gasteiger partial charge in [0, 0.05) is 23.7 Å². The van der Waals surface area contributed by atoms with Gasteiger partial charge in [0.15, 0.2) is 5.78 Å². The van der Waals surface area contributed by atoms with Gasteiger partial charge in [-0.1, -0.05) is 11.6 Å². The summed E-state index contributed by atoms with van der Waals surface area (Å²) in [5.41, 5.74) is 0.226. The topological polar surface area (TPSA) is 59.3 Å². The minimum absolute atomic E-state index is 0.103. The lowest BCUT2D eigenvalue weighted by molar-refractivity contribution is -0.137. The van der Waals surface area contributed by atoms with Crippen LogP contribution in [0.3, 0.4) is 0 Å². The predicted octanol–water partition coefficient (Wildman–Crippen LogP) is 6.47. The molecule has 0 aliphatic rings. The number of benzene rings is 2. The van der Waals surface area contributed by atoms with E-state index in [9.17, 15) is 22.8 Å². The van der Waals surface area contributed by atoms with Crippen molar-refractivity contribution in [3.8, 4) is 11.3 Å². The largest absolute Gasteiger partial charge is 0.457 e. The molecular weight excluding hydrogens is 419 g/mol. The molecule has 1 aromatic heterocycles. The summed E-state index contributed by atoms with van der Waals surface area (Å²) in [6.07, 6.45) is -1.81. The number of allylic oxidation sites excluding steroid dienone is 1. The molecule has 30 heavy (non-hydrogen) atoms. The first-order valence-corrected chi connectivity index (χ1v) is 9.08. The van der Waals surface area contributed by atoms with Crippen LogP contribution < -0.4 is 5.32 Å². The standard InChI is InChI=1S/C22H15ClF3NO3/c1-13(28)27-16-5-2-14(3-6-16)20(29)10-7-17-8-11-21(30-17)18-12-15(22(24,25)26)4-9-19(18)23/h2-12H,1H3,(H,27,28)/b10-7+. The van der Waals surface area contributed by atoms with E-state index in [0.717, 1.165) is 18.2 Å². The van der Waals surface area contributed by atoms with Crippen molar-refractivity contribution in [2.75, 3.05) is 5.32 Å². The molecule has 2 aromatic carbocycles. The number of amides is 1. The van der Waals surface area contributed by atoms with Crippen LogP contribution in [0, 0.1) is 0 Å². The fourth-order valence-electron chi connectivity index (χ4n) is 2.65. The zero-order chi connectivity index (χ0) is 21.9. The Bertz CT molecular complexity index is 1120. The summed E-state index contributed by atoms with van der Waals surface area (Å²) in [5, 5.41) is 2.71. The molecule has 1 heterocycles. The number of carbonyl (C=O) groups excluding carboxylic acids is 2. The Morgan fingerprint density at radius 1 is 1.03 bits per heavy atom. The van der Waals surface area contributed by atoms with Crippen LogP contribution in [-0.4, -0.2) is 11.7 Å². The molecule has 0 fully saturated rings. The van der Waals surface area contributed by atoms with Gasteiger partial charge in [-0.05, 0) is 66.7 Å². The number of hydrogen-bond acceptors (Lipinski definition) is 3. The number of furan rings is 1. The lowest BCUT2D eigenvalue weighted by Gasteiger charge is -2.09. The van der Waals surface area contributed by atoms with Crippen LogP contribution in [0.25, 0.3) is 17.4 Å². The Labute approximate surface area is 175 Å². The summed E-state index contributed by atoms with van der Waals surface area (Å²) in [6, 6.07) is 12.3. The maximum atomic E-state index is 12.9. The minimum Gasteiger partial charge on any atom is -0.457 e. The number of ketones is 1. The molecule has 0 aliphatic carbocycles. The number of hydrogen-bond donors (Lipinski definition) is 1. The van der Waals surface area contributed by atoms with Crippen LogP contribution in [0.4, 0.5) is 18.9 Å². The Morgan fingerprint density at radius 2 is 1.73 bits per heavy atom. The number of nitrogens with one attached hydrogen (secondary N) is 1. The first-order chi connectivity index (χ1) is 14.1. The van der Waals surface area contributed by atoms with Gasteiger partial charge in [-0.25, -0.2) is 0 Å². The van der Waals surface area contributed by atoms with Gasteiger partial charge in [0.1, 0.15) is 11.5 Å². The van der Waals surface area contributed by atoms with Crippen LogP contribution in [0.15, 0.2) is 65.1 Å². The van der Waals surface area contributed by atoms with Crippen LogP contribution >= 0.6 is 11.6 Å². The van der Waals surface area contributed by atoms with E-state index in [0.29, 0.717) is 11.3 Å². The van der Waals surface area contributed by atoms with Gasteiger partial charge in [0.25, 0.3) is 0 Å². The molecule has 0 radical (unpaired) electrons. The quantitative estimate of drug-likeness (QED) is 0.370. The molecule has 3 aromatic rings. The van der Waals surface area contributed by atoms with Crippen molar-refractivity contribution in [3.63, 3.8) is 0 Å². The molecule has 0 atom stereocenters. The van der Waals surface area contributed by atoms with Gasteiger partial charge in [-0.2, -0.15) is 13.2 Å². The highest BCUT2D eigenvalue weighted by atomic mass is 35.5. The Hall–Kier alpha value is -3.32. The van der Waals surface area contributed by atoms with Crippen molar-refractivity contribution in [3.05, 3.63) is 82.6 Å². The maximum absolute atomic E-state index is 12.9. The third kappa shape index (κ3) is 5.18. The van der Waals surface area contributed by atoms with Gasteiger partial charge in [-0.15, -0.1) is 0 Å². The van der Waals surface area contributed by atoms with Crippen molar-refractivity contribution in [2.45, 2.75) is 13.1 Å². The summed E-state index contributed by atoms with van der Waals surface area (Å²) in [6.45, 7) is 1.38. The number of anilines is 1. The summed E-state index contributed by atoms with van der Waals surface area (Å²) in [5.74, 6) is -0.0950. The molecule has 0 unspecified atom stereocenters. The highest BCUT2D eigenvalue weighted by Crippen LogP contribution is 2.36. The summed E-state index contributed by atoms with van der Waals surface area (Å²) >= 11 is 6.02. The maximum Gasteiger partial charge on any atom is 0.416 e. The van der Waals surface area contributed by atoms with Gasteiger partial charge in [0.05, 0.1) is 10.6 Å². The zero-order valence-electron chi connectivity index (χ0n) is 15.6. The number of alkyl halides is 3. The SMILES string of the molecule is CC(=O)Nc1ccc(C(=O)/C=C/c2ccc(-c3cc(C(F)(F)F)ccc3Cl)o2)cc1. The Morgan fingerprint density at radius 3 is 2.37 bits per heavy atom. The van der Waals surface area contributed by atoms with E-state index >= 15 is 0 Å². The molecule has 1 N–H and O–H groups in total. The summed E-state index contributed by atoms with van der Waals surface area (Å²) in [4.78, 5) is 23.3. The second-order valence-corrected chi connectivity index (χ2v) is 6.76. The summed E-state index contributed by atoms with van der Waals surface area (Å²) in [7, 11) is 0. The predicted molar refractivity (Wildman–Crippen MR) is 108 cm³/mol. The van der Waals surface area contributed by atoms with E-state index in [2.05, 4.69) is 5.32 Å². The molecule has 8 heteroatoms. The van der Waals surface area contributed by atoms with Crippen molar-refractivity contribution in [1.29, 1.82) is 0 Å². The molecule has 3 rings (SSSR count). The zero-order valence-corrected chi connectivity index (χ0v) is 16.3. The van der Waals surface area contributed by atoms with Gasteiger partial charge in [0.2, 0.25) is 5.91 Å². The molecular formula is C22H15ClF3NO3. The number of rotatable bonds is 5. The third-order valence-corrected chi connectivity index (χ3v) is 4.40. The molecule has 1 amide bonds. The fourth-order valence-corrected chi connectivity index (χ4v) is 2.86. The fraction of sp³-hybridized carbons (Fsp3) is 0.0909. The second-order valence-electron chi connectivity index (χ2n) is 6.35. The van der Waals surface area contributed by atoms with E-state index < -0.39 is 11.7 Å². The van der Waals surface area contributed by atoms with Crippen LogP contribution in [0.5, 0.6) is 0 Å². The highest BCUT2D eigenvalue weighted by Gasteiger charge is 2.31. The van der Waals surface area contributed by atoms with E-state index in [-0.39, 0.29) is 33.8 Å². The van der Waals surface area contributed by atoms with Crippen LogP contribution in [-0.2, 0) is 11.0 Å². The van der Waals surface area contributed by atoms with Gasteiger partial charge < -0.3 is 9.73 Å². The van der Waals surface area contributed by atoms with Gasteiger partial charge >= 0.3 is 6.18 Å². The third-order valence-electron chi connectivity index (χ3n) is 4.07. The smallest absolute Gasteiger partial charge is 0.416 e. The van der Waals surface area contributed by atoms with Crippen molar-refractivity contribution < 1.29 is 27.2 Å². The number of carbonyl (C=O) groups is 2. The van der Waals surface area contributed by atoms with Crippen molar-refractivity contribution in [2.24, 2.45) is 0 Å². The first-order valence-electron chi connectivity index (χ1n) is 8.70. The molecule has 0 saturated carbocycles. The molecule has 0 bridgehead atoms. The van der Waals surface area contributed by atoms with Crippen LogP contribution in [0.1, 0.15) is 28.6 Å². The van der Waals surface area contributed by atoms with E-state index in [4.69, 9.17) is 16.0 Å². The van der Waals surface area contributed by atoms with Crippen molar-refractivity contribution in [1.82, 2.24) is 0 Å². The molecule has 0 saturated heterocycles. The molecule has 154 valence electrons. The lowest BCUT2D eigenvalue weighted by Crippen LogP contribution is -2.05. The minimum atomic E-state index is -4.50. The summed E-state index contributed by atoms with van der Waals surface area (Å²) < 4.78 is 44.3. The van der Waals surface area contributed by atoms with Gasteiger partial charge in [-0.3, -0.25) is 9.59 Å². The van der Waals surface area contributed by atoms with E-state index in [1.54, 1.807) is 24.3 Å². The van der Waals surface area contributed by atoms with E-state index in [1.807, 2.05) is 0 Å². The Kier molecular flexibility index (Phi) is 6.12. The van der Waals surface area contributed by atoms with Crippen molar-refractivity contribution >= 4 is 35.1 Å². The highest BCUT2D eigenvalue weighted by molar-refractivity contribution is 6.33. The van der Waals surface area contributed by atoms with E-state index in [1.165, 1.54) is 31.2 Å². The average Bonchev–Trinajstić information content (AvgIpc) is 3.14. The van der Waals surface area contributed by atoms with Crippen LogP contribution in [0.2, 0.25) is 5.02 Å². The normalized spacial score (nSPS) is 11.6. The average molecular weight is 434 g/mol. The lowest BCUT2D eigenvalue weighted by atomic mass is 10.1. The monoisotopic (exact) mass is 433 g/mol.